The van der Waals surface area contributed by atoms with E-state index in [2.05, 4.69) is 29.4 Å². The molecule has 0 unspecified atom stereocenters. The molecule has 140 valence electrons. The van der Waals surface area contributed by atoms with Gasteiger partial charge in [-0.15, -0.1) is 5.10 Å². The van der Waals surface area contributed by atoms with Crippen molar-refractivity contribution in [2.75, 3.05) is 17.6 Å². The summed E-state index contributed by atoms with van der Waals surface area (Å²) >= 11 is 0. The Labute approximate surface area is 159 Å². The third kappa shape index (κ3) is 4.20. The Balaban J connectivity index is 2.08. The van der Waals surface area contributed by atoms with Crippen LogP contribution in [0.4, 0.5) is 11.5 Å². The SMILES string of the molecule is Cc1nnc(N)c2ccc(-c3cc(B(O)O)ccc3NCCC(C)C)cc12. The van der Waals surface area contributed by atoms with Crippen molar-refractivity contribution < 1.29 is 10.0 Å². The summed E-state index contributed by atoms with van der Waals surface area (Å²) in [7, 11) is -1.52. The number of nitrogen functional groups attached to an aromatic ring is 1. The predicted molar refractivity (Wildman–Crippen MR) is 112 cm³/mol. The van der Waals surface area contributed by atoms with E-state index < -0.39 is 7.12 Å². The largest absolute Gasteiger partial charge is 0.488 e. The lowest BCUT2D eigenvalue weighted by molar-refractivity contribution is 0.426. The van der Waals surface area contributed by atoms with Gasteiger partial charge >= 0.3 is 7.12 Å². The molecule has 0 aliphatic carbocycles. The molecule has 3 aromatic rings. The van der Waals surface area contributed by atoms with Gasteiger partial charge < -0.3 is 21.1 Å². The van der Waals surface area contributed by atoms with Gasteiger partial charge in [0.1, 0.15) is 0 Å². The first-order chi connectivity index (χ1) is 12.9. The van der Waals surface area contributed by atoms with Crippen LogP contribution in [0, 0.1) is 12.8 Å². The number of hydrogen-bond acceptors (Lipinski definition) is 6. The highest BCUT2D eigenvalue weighted by molar-refractivity contribution is 6.58. The highest BCUT2D eigenvalue weighted by atomic mass is 16.4. The maximum atomic E-state index is 9.59. The van der Waals surface area contributed by atoms with E-state index in [1.807, 2.05) is 31.2 Å². The van der Waals surface area contributed by atoms with Crippen LogP contribution < -0.4 is 16.5 Å². The van der Waals surface area contributed by atoms with Crippen LogP contribution in [0.1, 0.15) is 26.0 Å². The van der Waals surface area contributed by atoms with E-state index in [1.165, 1.54) is 0 Å². The average Bonchev–Trinajstić information content (AvgIpc) is 2.64. The molecule has 5 N–H and O–H groups in total. The fourth-order valence-electron chi connectivity index (χ4n) is 3.08. The molecule has 3 rings (SSSR count). The molecule has 1 heterocycles. The highest BCUT2D eigenvalue weighted by Crippen LogP contribution is 2.32. The molecule has 6 nitrogen and oxygen atoms in total. The summed E-state index contributed by atoms with van der Waals surface area (Å²) in [5, 5.41) is 32.5. The summed E-state index contributed by atoms with van der Waals surface area (Å²) in [5.74, 6) is 1.00. The van der Waals surface area contributed by atoms with E-state index in [9.17, 15) is 10.0 Å². The van der Waals surface area contributed by atoms with E-state index in [1.54, 1.807) is 12.1 Å². The number of hydrogen-bond donors (Lipinski definition) is 4. The van der Waals surface area contributed by atoms with Crippen LogP contribution in [0.3, 0.4) is 0 Å². The van der Waals surface area contributed by atoms with Gasteiger partial charge in [0.25, 0.3) is 0 Å². The number of fused-ring (bicyclic) bond motifs is 1. The van der Waals surface area contributed by atoms with Gasteiger partial charge in [-0.25, -0.2) is 0 Å². The second-order valence-corrected chi connectivity index (χ2v) is 7.22. The summed E-state index contributed by atoms with van der Waals surface area (Å²) in [4.78, 5) is 0. The number of aromatic nitrogens is 2. The summed E-state index contributed by atoms with van der Waals surface area (Å²) in [6.07, 6.45) is 1.05. The van der Waals surface area contributed by atoms with E-state index in [0.717, 1.165) is 46.2 Å². The lowest BCUT2D eigenvalue weighted by Crippen LogP contribution is -2.29. The molecule has 0 fully saturated rings. The van der Waals surface area contributed by atoms with Crippen molar-refractivity contribution in [3.8, 4) is 11.1 Å². The number of aryl methyl sites for hydroxylation is 1. The third-order valence-corrected chi connectivity index (χ3v) is 4.68. The normalized spacial score (nSPS) is 11.2. The molecule has 0 saturated heterocycles. The van der Waals surface area contributed by atoms with Crippen LogP contribution in [0.25, 0.3) is 21.9 Å². The minimum atomic E-state index is -1.52. The molecule has 0 radical (unpaired) electrons. The number of nitrogens with zero attached hydrogens (tertiary/aromatic N) is 2. The molecule has 0 aliphatic heterocycles. The maximum absolute atomic E-state index is 9.59. The Kier molecular flexibility index (Phi) is 5.63. The van der Waals surface area contributed by atoms with E-state index in [-0.39, 0.29) is 0 Å². The second kappa shape index (κ2) is 7.94. The number of nitrogens with two attached hydrogens (primary N) is 1. The topological polar surface area (TPSA) is 104 Å². The van der Waals surface area contributed by atoms with Gasteiger partial charge in [-0.2, -0.15) is 5.10 Å². The molecule has 0 atom stereocenters. The predicted octanol–water partition coefficient (Wildman–Crippen LogP) is 2.33. The lowest BCUT2D eigenvalue weighted by Gasteiger charge is -2.16. The van der Waals surface area contributed by atoms with Gasteiger partial charge in [0.15, 0.2) is 5.82 Å². The van der Waals surface area contributed by atoms with Crippen LogP contribution in [-0.2, 0) is 0 Å². The van der Waals surface area contributed by atoms with Gasteiger partial charge in [0.05, 0.1) is 5.69 Å². The van der Waals surface area contributed by atoms with Crippen molar-refractivity contribution in [2.45, 2.75) is 27.2 Å². The van der Waals surface area contributed by atoms with Crippen LogP contribution in [-0.4, -0.2) is 33.9 Å². The minimum absolute atomic E-state index is 0.400. The van der Waals surface area contributed by atoms with E-state index >= 15 is 0 Å². The molecule has 0 bridgehead atoms. The van der Waals surface area contributed by atoms with Crippen LogP contribution in [0.15, 0.2) is 36.4 Å². The molecule has 0 aliphatic rings. The Morgan fingerprint density at radius 3 is 2.56 bits per heavy atom. The standard InChI is InChI=1S/C20H25BN4O2/c1-12(2)8-9-23-19-7-5-15(21(26)27)11-18(19)14-4-6-16-17(10-14)13(3)24-25-20(16)22/h4-7,10-12,23,26-27H,8-9H2,1-3H3,(H2,22,25). The van der Waals surface area contributed by atoms with Crippen molar-refractivity contribution >= 4 is 34.9 Å². The first-order valence-corrected chi connectivity index (χ1v) is 9.13. The molecular formula is C20H25BN4O2. The summed E-state index contributed by atoms with van der Waals surface area (Å²) in [6, 6.07) is 11.3. The Morgan fingerprint density at radius 2 is 1.85 bits per heavy atom. The van der Waals surface area contributed by atoms with Crippen LogP contribution in [0.2, 0.25) is 0 Å². The highest BCUT2D eigenvalue weighted by Gasteiger charge is 2.15. The zero-order chi connectivity index (χ0) is 19.6. The fourth-order valence-corrected chi connectivity index (χ4v) is 3.08. The molecule has 27 heavy (non-hydrogen) atoms. The average molecular weight is 364 g/mol. The molecule has 0 spiro atoms. The Morgan fingerprint density at radius 1 is 1.07 bits per heavy atom. The quantitative estimate of drug-likeness (QED) is 0.501. The van der Waals surface area contributed by atoms with Crippen molar-refractivity contribution in [3.05, 3.63) is 42.1 Å². The van der Waals surface area contributed by atoms with Gasteiger partial charge in [0, 0.05) is 28.6 Å². The second-order valence-electron chi connectivity index (χ2n) is 7.22. The summed E-state index contributed by atoms with van der Waals surface area (Å²) in [5.41, 5.74) is 10.0. The van der Waals surface area contributed by atoms with E-state index in [4.69, 9.17) is 5.73 Å². The molecule has 1 aromatic heterocycles. The van der Waals surface area contributed by atoms with Gasteiger partial charge in [-0.1, -0.05) is 32.0 Å². The van der Waals surface area contributed by atoms with Crippen LogP contribution in [0.5, 0.6) is 0 Å². The summed E-state index contributed by atoms with van der Waals surface area (Å²) < 4.78 is 0. The molecule has 2 aromatic carbocycles. The zero-order valence-electron chi connectivity index (χ0n) is 15.9. The van der Waals surface area contributed by atoms with E-state index in [0.29, 0.717) is 17.2 Å². The Bertz CT molecular complexity index is 960. The molecule has 0 amide bonds. The molecule has 0 saturated carbocycles. The van der Waals surface area contributed by atoms with Crippen LogP contribution >= 0.6 is 0 Å². The lowest BCUT2D eigenvalue weighted by atomic mass is 9.78. The fraction of sp³-hybridized carbons (Fsp3) is 0.300. The number of benzene rings is 2. The van der Waals surface area contributed by atoms with Gasteiger partial charge in [0.2, 0.25) is 0 Å². The molecular weight excluding hydrogens is 339 g/mol. The smallest absolute Gasteiger partial charge is 0.423 e. The van der Waals surface area contributed by atoms with Crippen molar-refractivity contribution in [1.82, 2.24) is 10.2 Å². The third-order valence-electron chi connectivity index (χ3n) is 4.68. The zero-order valence-corrected chi connectivity index (χ0v) is 15.9. The van der Waals surface area contributed by atoms with Crippen molar-refractivity contribution in [1.29, 1.82) is 0 Å². The number of anilines is 2. The first-order valence-electron chi connectivity index (χ1n) is 9.13. The number of nitrogens with one attached hydrogen (secondary N) is 1. The summed E-state index contributed by atoms with van der Waals surface area (Å²) in [6.45, 7) is 7.11. The van der Waals surface area contributed by atoms with Gasteiger partial charge in [-0.3, -0.25) is 0 Å². The molecule has 7 heteroatoms. The minimum Gasteiger partial charge on any atom is -0.423 e. The van der Waals surface area contributed by atoms with Crippen molar-refractivity contribution in [2.24, 2.45) is 5.92 Å². The monoisotopic (exact) mass is 364 g/mol. The van der Waals surface area contributed by atoms with Crippen molar-refractivity contribution in [3.63, 3.8) is 0 Å². The first kappa shape index (κ1) is 19.1. The Hall–Kier alpha value is -2.64. The maximum Gasteiger partial charge on any atom is 0.488 e. The van der Waals surface area contributed by atoms with Gasteiger partial charge in [-0.05, 0) is 48.5 Å². The number of rotatable bonds is 6.